The first-order chi connectivity index (χ1) is 26.6. The van der Waals surface area contributed by atoms with Crippen LogP contribution in [0.5, 0.6) is 5.75 Å². The molecule has 2 atom stereocenters. The van der Waals surface area contributed by atoms with E-state index < -0.39 is 29.9 Å². The van der Waals surface area contributed by atoms with E-state index in [4.69, 9.17) is 16.3 Å². The second kappa shape index (κ2) is 18.0. The van der Waals surface area contributed by atoms with E-state index in [-0.39, 0.29) is 50.6 Å². The molecule has 2 heterocycles. The number of nitrogens with one attached hydrogen (secondary N) is 2. The van der Waals surface area contributed by atoms with Crippen LogP contribution in [0.2, 0.25) is 0 Å². The first-order valence-corrected chi connectivity index (χ1v) is 18.8. The molecule has 1 saturated heterocycles. The number of ether oxygens (including phenoxy) is 1. The molecule has 3 N–H and O–H groups in total. The van der Waals surface area contributed by atoms with Crippen molar-refractivity contribution < 1.29 is 33.8 Å². The van der Waals surface area contributed by atoms with Gasteiger partial charge in [0.05, 0.1) is 0 Å². The fraction of sp³-hybridized carbons (Fsp3) is 0.279. The number of likely N-dealkylation sites (N-methyl/N-ethyl adjacent to an activating group) is 1. The van der Waals surface area contributed by atoms with Gasteiger partial charge in [-0.25, -0.2) is 0 Å². The zero-order valence-corrected chi connectivity index (χ0v) is 31.3. The molecule has 0 spiro atoms. The summed E-state index contributed by atoms with van der Waals surface area (Å²) in [4.78, 5) is 65.6. The lowest BCUT2D eigenvalue weighted by atomic mass is 9.88. The van der Waals surface area contributed by atoms with Gasteiger partial charge in [-0.1, -0.05) is 78.9 Å². The summed E-state index contributed by atoms with van der Waals surface area (Å²) < 4.78 is 6.04. The van der Waals surface area contributed by atoms with Crippen molar-refractivity contribution in [3.63, 3.8) is 0 Å². The van der Waals surface area contributed by atoms with Crippen LogP contribution in [-0.2, 0) is 25.7 Å². The Morgan fingerprint density at radius 3 is 2.24 bits per heavy atom. The molecule has 11 nitrogen and oxygen atoms in total. The highest BCUT2D eigenvalue weighted by atomic mass is 35.5. The quantitative estimate of drug-likeness (QED) is 0.0694. The fourth-order valence-corrected chi connectivity index (χ4v) is 7.35. The van der Waals surface area contributed by atoms with E-state index in [0.29, 0.717) is 41.4 Å². The number of allylic oxidation sites excluding steroid dienone is 1. The predicted octanol–water partition coefficient (Wildman–Crippen LogP) is 6.22. The number of amides is 4. The second-order valence-electron chi connectivity index (χ2n) is 13.6. The van der Waals surface area contributed by atoms with Gasteiger partial charge in [-0.3, -0.25) is 34.2 Å². The van der Waals surface area contributed by atoms with Crippen LogP contribution in [0, 0.1) is 0 Å². The highest BCUT2D eigenvalue weighted by molar-refractivity contribution is 6.18. The molecule has 6 rings (SSSR count). The summed E-state index contributed by atoms with van der Waals surface area (Å²) in [5.41, 5.74) is 6.80. The molecule has 2 aliphatic heterocycles. The number of imide groups is 1. The smallest absolute Gasteiger partial charge is 0.320 e. The predicted molar refractivity (Wildman–Crippen MR) is 210 cm³/mol. The molecule has 4 amide bonds. The van der Waals surface area contributed by atoms with E-state index in [2.05, 4.69) is 34.9 Å². The van der Waals surface area contributed by atoms with Crippen LogP contribution >= 0.6 is 11.6 Å². The van der Waals surface area contributed by atoms with E-state index in [1.54, 1.807) is 30.1 Å². The lowest BCUT2D eigenvalue weighted by molar-refractivity contribution is -0.143. The number of benzene rings is 4. The van der Waals surface area contributed by atoms with Crippen molar-refractivity contribution in [2.75, 3.05) is 31.4 Å². The highest BCUT2D eigenvalue weighted by Crippen LogP contribution is 2.36. The van der Waals surface area contributed by atoms with Gasteiger partial charge < -0.3 is 20.1 Å². The molecule has 1 fully saturated rings. The Bertz CT molecular complexity index is 2070. The number of nitrogens with zero attached hydrogens (tertiary/aromatic N) is 2. The largest absolute Gasteiger partial charge is 0.492 e. The number of fused-ring (bicyclic) bond motifs is 1. The maximum Gasteiger partial charge on any atom is 0.320 e. The molecular formula is C43H43ClN4O7. The molecule has 284 valence electrons. The van der Waals surface area contributed by atoms with Crippen LogP contribution in [-0.4, -0.2) is 82.7 Å². The Kier molecular flexibility index (Phi) is 12.8. The fourth-order valence-electron chi connectivity index (χ4n) is 7.16. The van der Waals surface area contributed by atoms with Crippen molar-refractivity contribution >= 4 is 58.0 Å². The molecular weight excluding hydrogens is 720 g/mol. The minimum atomic E-state index is -1.06. The average molecular weight is 763 g/mol. The number of carbonyl (C=O) groups is 5. The Hall–Kier alpha value is -5.78. The van der Waals surface area contributed by atoms with E-state index in [1.807, 2.05) is 60.7 Å². The number of halogens is 1. The molecule has 12 heteroatoms. The summed E-state index contributed by atoms with van der Waals surface area (Å²) in [6.07, 6.45) is 1.02. The number of rotatable bonds is 16. The van der Waals surface area contributed by atoms with Crippen molar-refractivity contribution in [3.05, 3.63) is 131 Å². The summed E-state index contributed by atoms with van der Waals surface area (Å²) in [6.45, 7) is 0.629. The van der Waals surface area contributed by atoms with E-state index in [9.17, 15) is 29.1 Å². The maximum absolute atomic E-state index is 13.2. The van der Waals surface area contributed by atoms with Crippen LogP contribution in [0.3, 0.4) is 0 Å². The average Bonchev–Trinajstić information content (AvgIpc) is 3.52. The topological polar surface area (TPSA) is 145 Å². The molecule has 0 radical (unpaired) electrons. The molecule has 55 heavy (non-hydrogen) atoms. The summed E-state index contributed by atoms with van der Waals surface area (Å²) >= 11 is 6.30. The van der Waals surface area contributed by atoms with Crippen LogP contribution in [0.15, 0.2) is 103 Å². The maximum atomic E-state index is 13.2. The van der Waals surface area contributed by atoms with Gasteiger partial charge in [-0.05, 0) is 78.4 Å². The summed E-state index contributed by atoms with van der Waals surface area (Å²) in [6, 6.07) is 31.5. The van der Waals surface area contributed by atoms with Crippen molar-refractivity contribution in [1.29, 1.82) is 0 Å². The van der Waals surface area contributed by atoms with Gasteiger partial charge in [0.2, 0.25) is 17.7 Å². The first-order valence-electron chi connectivity index (χ1n) is 18.3. The number of hydrogen-bond acceptors (Lipinski definition) is 7. The molecule has 4 aromatic carbocycles. The zero-order chi connectivity index (χ0) is 38.9. The molecule has 0 saturated carbocycles. The van der Waals surface area contributed by atoms with Gasteiger partial charge in [-0.15, -0.1) is 11.6 Å². The minimum Gasteiger partial charge on any atom is -0.492 e. The Morgan fingerprint density at radius 1 is 0.909 bits per heavy atom. The minimum absolute atomic E-state index is 0.0450. The summed E-state index contributed by atoms with van der Waals surface area (Å²) in [5, 5.41) is 15.1. The summed E-state index contributed by atoms with van der Waals surface area (Å²) in [5.74, 6) is -1.58. The normalized spacial score (nSPS) is 16.3. The van der Waals surface area contributed by atoms with Crippen LogP contribution < -0.4 is 15.4 Å². The van der Waals surface area contributed by atoms with Crippen LogP contribution in [0.4, 0.5) is 5.69 Å². The van der Waals surface area contributed by atoms with Gasteiger partial charge in [0.15, 0.2) is 0 Å². The molecule has 4 aromatic rings. The van der Waals surface area contributed by atoms with E-state index in [0.717, 1.165) is 27.8 Å². The third-order valence-corrected chi connectivity index (χ3v) is 10.2. The molecule has 1 unspecified atom stereocenters. The third kappa shape index (κ3) is 9.30. The van der Waals surface area contributed by atoms with E-state index in [1.165, 1.54) is 4.90 Å². The van der Waals surface area contributed by atoms with Gasteiger partial charge in [0.1, 0.15) is 24.4 Å². The van der Waals surface area contributed by atoms with Crippen LogP contribution in [0.25, 0.3) is 11.1 Å². The zero-order valence-electron chi connectivity index (χ0n) is 30.5. The Labute approximate surface area is 324 Å². The molecule has 0 aliphatic carbocycles. The molecule has 0 aromatic heterocycles. The summed E-state index contributed by atoms with van der Waals surface area (Å²) in [7, 11) is 1.68. The van der Waals surface area contributed by atoms with Crippen molar-refractivity contribution in [2.45, 2.75) is 50.7 Å². The first kappa shape index (κ1) is 38.9. The lowest BCUT2D eigenvalue weighted by Gasteiger charge is -2.29. The van der Waals surface area contributed by atoms with Crippen LogP contribution in [0.1, 0.15) is 64.7 Å². The number of carbonyl (C=O) groups excluding carboxylic acids is 4. The number of hydrogen-bond donors (Lipinski definition) is 3. The number of carboxylic acid groups (broad SMARTS) is 1. The SMILES string of the molecule is CN(CCOc1ccc(/C(=C(/CCCl)c2ccccc2)c2ccccc2)cc1)[C@@H](CCC(=O)Nc1cccc2c1CN(C1CCC(=O)NC1=O)C2=O)C(=O)O. The number of carboxylic acids is 1. The van der Waals surface area contributed by atoms with Gasteiger partial charge in [-0.2, -0.15) is 0 Å². The second-order valence-corrected chi connectivity index (χ2v) is 13.9. The number of alkyl halides is 1. The highest BCUT2D eigenvalue weighted by Gasteiger charge is 2.40. The Morgan fingerprint density at radius 2 is 1.58 bits per heavy atom. The Balaban J connectivity index is 1.05. The van der Waals surface area contributed by atoms with Gasteiger partial charge in [0.25, 0.3) is 5.91 Å². The van der Waals surface area contributed by atoms with Gasteiger partial charge >= 0.3 is 5.97 Å². The number of piperidine rings is 1. The van der Waals surface area contributed by atoms with Crippen molar-refractivity contribution in [3.8, 4) is 5.75 Å². The van der Waals surface area contributed by atoms with Gasteiger partial charge in [0, 0.05) is 48.6 Å². The van der Waals surface area contributed by atoms with E-state index >= 15 is 0 Å². The molecule has 2 aliphatic rings. The number of anilines is 1. The monoisotopic (exact) mass is 762 g/mol. The standard InChI is InChI=1S/C43H43ClN4O7/c1-47(25-26-55-31-17-15-30(16-18-31)40(29-11-6-3-7-12-29)32(23-24-44)28-9-4-2-5-10-28)37(43(53)54)20-22-38(49)45-35-14-8-13-33-34(35)27-48(42(33)52)36-19-21-39(50)46-41(36)51/h2-18,36-37H,19-27H2,1H3,(H,45,49)(H,53,54)(H,46,50,51)/b40-32-/t36?,37-/m0/s1. The number of aliphatic carboxylic acids is 1. The van der Waals surface area contributed by atoms with Crippen molar-refractivity contribution in [1.82, 2.24) is 15.1 Å². The van der Waals surface area contributed by atoms with Crippen molar-refractivity contribution in [2.24, 2.45) is 0 Å². The lowest BCUT2D eigenvalue weighted by Crippen LogP contribution is -2.52. The molecule has 0 bridgehead atoms. The third-order valence-electron chi connectivity index (χ3n) is 10.0.